The molecule has 32 heavy (non-hydrogen) atoms. The second kappa shape index (κ2) is 17.4. The Morgan fingerprint density at radius 3 is 2.19 bits per heavy atom. The molecule has 0 amide bonds. The molecule has 1 saturated heterocycles. The van der Waals surface area contributed by atoms with Gasteiger partial charge in [-0.1, -0.05) is 71.1 Å². The molecule has 2 aliphatic rings. The molecular weight excluding hydrogens is 443 g/mol. The van der Waals surface area contributed by atoms with Crippen LogP contribution in [0.3, 0.4) is 0 Å². The summed E-state index contributed by atoms with van der Waals surface area (Å²) in [6, 6.07) is 0. The van der Waals surface area contributed by atoms with Gasteiger partial charge in [0.05, 0.1) is 12.7 Å². The summed E-state index contributed by atoms with van der Waals surface area (Å²) in [6.07, 6.45) is 20.3. The van der Waals surface area contributed by atoms with Crippen molar-refractivity contribution in [2.75, 3.05) is 26.3 Å². The second-order valence-corrected chi connectivity index (χ2v) is 14.0. The van der Waals surface area contributed by atoms with E-state index in [-0.39, 0.29) is 12.1 Å². The molecule has 1 aliphatic heterocycles. The Morgan fingerprint density at radius 1 is 1.00 bits per heavy atom. The molecule has 0 aromatic rings. The number of esters is 1. The van der Waals surface area contributed by atoms with Gasteiger partial charge >= 0.3 is 5.97 Å². The Bertz CT molecular complexity index is 557. The molecule has 0 aromatic heterocycles. The van der Waals surface area contributed by atoms with Crippen LogP contribution in [0.1, 0.15) is 116 Å². The van der Waals surface area contributed by atoms with E-state index in [1.807, 2.05) is 0 Å². The van der Waals surface area contributed by atoms with Gasteiger partial charge in [0.15, 0.2) is 6.54 Å². The van der Waals surface area contributed by atoms with E-state index in [1.165, 1.54) is 69.5 Å². The molecule has 0 radical (unpaired) electrons. The molecule has 1 aliphatic carbocycles. The van der Waals surface area contributed by atoms with E-state index in [4.69, 9.17) is 18.5 Å². The fourth-order valence-corrected chi connectivity index (χ4v) is 9.04. The molecule has 5 nitrogen and oxygen atoms in total. The van der Waals surface area contributed by atoms with E-state index in [1.54, 1.807) is 18.5 Å². The van der Waals surface area contributed by atoms with Crippen molar-refractivity contribution in [3.8, 4) is 0 Å². The van der Waals surface area contributed by atoms with Crippen molar-refractivity contribution in [2.45, 2.75) is 122 Å². The normalized spacial score (nSPS) is 20.2. The minimum absolute atomic E-state index is 0.0969. The van der Waals surface area contributed by atoms with Crippen LogP contribution in [0.2, 0.25) is 0 Å². The van der Waals surface area contributed by atoms with Crippen LogP contribution >= 0.6 is 17.9 Å². The lowest BCUT2D eigenvalue weighted by atomic mass is 10.0. The van der Waals surface area contributed by atoms with Crippen molar-refractivity contribution in [2.24, 2.45) is 0 Å². The highest BCUT2D eigenvalue weighted by molar-refractivity contribution is 8.58. The van der Waals surface area contributed by atoms with E-state index in [0.29, 0.717) is 19.0 Å². The van der Waals surface area contributed by atoms with Crippen molar-refractivity contribution in [3.63, 3.8) is 0 Å². The molecule has 188 valence electrons. The van der Waals surface area contributed by atoms with Gasteiger partial charge in [0.2, 0.25) is 0 Å². The largest absolute Gasteiger partial charge is 0.454 e. The Kier molecular flexibility index (Phi) is 15.4. The molecule has 1 heterocycles. The van der Waals surface area contributed by atoms with Crippen LogP contribution in [0, 0.1) is 0 Å². The van der Waals surface area contributed by atoms with Crippen LogP contribution in [0.15, 0.2) is 0 Å². The predicted molar refractivity (Wildman–Crippen MR) is 137 cm³/mol. The van der Waals surface area contributed by atoms with Crippen molar-refractivity contribution in [1.82, 2.24) is 0 Å². The van der Waals surface area contributed by atoms with E-state index in [9.17, 15) is 4.79 Å². The first-order chi connectivity index (χ1) is 15.7. The SMILES string of the molecule is CCCCCCCCCCCCCC(=O)OCSP(OC)(OC[C@@H]1CCCO1)=C1CCC1. The number of hydrogen-bond donors (Lipinski definition) is 0. The number of carbonyl (C=O) groups is 1. The number of rotatable bonds is 19. The smallest absolute Gasteiger partial charge is 0.306 e. The molecule has 0 aromatic carbocycles. The lowest BCUT2D eigenvalue weighted by Gasteiger charge is -2.32. The summed E-state index contributed by atoms with van der Waals surface area (Å²) in [5, 5.41) is 1.37. The van der Waals surface area contributed by atoms with Crippen molar-refractivity contribution >= 4 is 29.2 Å². The summed E-state index contributed by atoms with van der Waals surface area (Å²) in [4.78, 5) is 12.2. The number of ether oxygens (including phenoxy) is 2. The zero-order chi connectivity index (χ0) is 22.9. The maximum atomic E-state index is 12.2. The maximum absolute atomic E-state index is 12.2. The molecule has 2 atom stereocenters. The van der Waals surface area contributed by atoms with Gasteiger partial charge in [0.1, 0.15) is 5.94 Å². The van der Waals surface area contributed by atoms with Crippen LogP contribution in [0.4, 0.5) is 0 Å². The summed E-state index contributed by atoms with van der Waals surface area (Å²) in [6.45, 7) is 1.49. The van der Waals surface area contributed by atoms with Crippen LogP contribution in [-0.4, -0.2) is 43.6 Å². The second-order valence-electron chi connectivity index (χ2n) is 9.08. The first-order valence-electron chi connectivity index (χ1n) is 13.1. The number of hydrogen-bond acceptors (Lipinski definition) is 6. The lowest BCUT2D eigenvalue weighted by molar-refractivity contribution is -0.141. The fraction of sp³-hybridized carbons (Fsp3) is 0.920. The average Bonchev–Trinajstić information content (AvgIpc) is 3.28. The first kappa shape index (κ1) is 28.2. The van der Waals surface area contributed by atoms with Gasteiger partial charge in [-0.25, -0.2) is 0 Å². The molecule has 0 N–H and O–H groups in total. The molecule has 1 unspecified atom stereocenters. The zero-order valence-electron chi connectivity index (χ0n) is 20.6. The molecule has 7 heteroatoms. The fourth-order valence-electron chi connectivity index (χ4n) is 4.19. The zero-order valence-corrected chi connectivity index (χ0v) is 22.3. The van der Waals surface area contributed by atoms with Gasteiger partial charge in [0.25, 0.3) is 0 Å². The third kappa shape index (κ3) is 11.0. The Balaban J connectivity index is 1.54. The molecule has 2 fully saturated rings. The van der Waals surface area contributed by atoms with Gasteiger partial charge in [0, 0.05) is 20.1 Å². The highest BCUT2D eigenvalue weighted by atomic mass is 32.7. The minimum atomic E-state index is -2.17. The summed E-state index contributed by atoms with van der Waals surface area (Å²) in [5.74, 6) is 0.216. The summed E-state index contributed by atoms with van der Waals surface area (Å²) in [7, 11) is 1.73. The van der Waals surface area contributed by atoms with Gasteiger partial charge < -0.3 is 18.5 Å². The lowest BCUT2D eigenvalue weighted by Crippen LogP contribution is -2.18. The molecule has 1 saturated carbocycles. The van der Waals surface area contributed by atoms with E-state index in [0.717, 1.165) is 45.1 Å². The standard InChI is InChI=1S/C25H47O5PS/c1-3-4-5-6-7-8-9-10-11-12-13-19-25(26)29-22-32-31(27-2,24-17-14-18-24)30-21-23-16-15-20-28-23/h23H,3-22H2,1-2H3/t23-,31?/m0/s1. The predicted octanol–water partition coefficient (Wildman–Crippen LogP) is 7.88. The van der Waals surface area contributed by atoms with Gasteiger partial charge in [-0.3, -0.25) is 4.79 Å². The minimum Gasteiger partial charge on any atom is -0.454 e. The Hall–Kier alpha value is -0.0000000000000000833. The number of carbonyl (C=O) groups excluding carboxylic acids is 1. The van der Waals surface area contributed by atoms with Gasteiger partial charge in [-0.2, -0.15) is 0 Å². The third-order valence-electron chi connectivity index (χ3n) is 6.44. The summed E-state index contributed by atoms with van der Waals surface area (Å²) >= 11 is 1.56. The van der Waals surface area contributed by atoms with Gasteiger partial charge in [-0.15, -0.1) is 0 Å². The van der Waals surface area contributed by atoms with E-state index >= 15 is 0 Å². The van der Waals surface area contributed by atoms with Gasteiger partial charge in [-0.05, 0) is 55.2 Å². The van der Waals surface area contributed by atoms with Crippen LogP contribution in [0.25, 0.3) is 0 Å². The third-order valence-corrected chi connectivity index (χ3v) is 12.1. The van der Waals surface area contributed by atoms with Crippen LogP contribution in [-0.2, 0) is 23.3 Å². The molecule has 2 rings (SSSR count). The highest BCUT2D eigenvalue weighted by Gasteiger charge is 2.31. The molecular formula is C25H47O5PS. The van der Waals surface area contributed by atoms with Crippen molar-refractivity contribution in [1.29, 1.82) is 0 Å². The molecule has 0 spiro atoms. The summed E-state index contributed by atoms with van der Waals surface area (Å²) < 4.78 is 23.5. The van der Waals surface area contributed by atoms with E-state index in [2.05, 4.69) is 6.92 Å². The highest BCUT2D eigenvalue weighted by Crippen LogP contribution is 2.65. The van der Waals surface area contributed by atoms with Crippen molar-refractivity contribution < 1.29 is 23.3 Å². The first-order valence-corrected chi connectivity index (χ1v) is 16.3. The average molecular weight is 491 g/mol. The topological polar surface area (TPSA) is 54.0 Å². The van der Waals surface area contributed by atoms with Crippen LogP contribution in [0.5, 0.6) is 0 Å². The maximum Gasteiger partial charge on any atom is 0.306 e. The van der Waals surface area contributed by atoms with E-state index < -0.39 is 6.54 Å². The monoisotopic (exact) mass is 490 g/mol. The molecule has 0 bridgehead atoms. The quantitative estimate of drug-likeness (QED) is 0.0794. The van der Waals surface area contributed by atoms with Crippen molar-refractivity contribution in [3.05, 3.63) is 0 Å². The Labute approximate surface area is 200 Å². The van der Waals surface area contributed by atoms with Crippen LogP contribution < -0.4 is 0 Å². The summed E-state index contributed by atoms with van der Waals surface area (Å²) in [5.41, 5.74) is 0. The number of unbranched alkanes of at least 4 members (excludes halogenated alkanes) is 10. The Morgan fingerprint density at radius 2 is 1.66 bits per heavy atom.